The first kappa shape index (κ1) is 15.8. The van der Waals surface area contributed by atoms with Gasteiger partial charge in [0.2, 0.25) is 0 Å². The molecule has 2 amide bonds. The maximum Gasteiger partial charge on any atom is 0.257 e. The van der Waals surface area contributed by atoms with Crippen LogP contribution in [0, 0.1) is 0 Å². The van der Waals surface area contributed by atoms with E-state index in [1.165, 1.54) is 13.1 Å². The summed E-state index contributed by atoms with van der Waals surface area (Å²) in [6, 6.07) is 4.84. The maximum atomic E-state index is 12.0. The molecule has 4 N–H and O–H groups in total. The predicted octanol–water partition coefficient (Wildman–Crippen LogP) is 0.922. The summed E-state index contributed by atoms with van der Waals surface area (Å²) in [5.74, 6) is -0.131. The third-order valence-electron chi connectivity index (χ3n) is 2.90. The Kier molecular flexibility index (Phi) is 5.83. The zero-order valence-corrected chi connectivity index (χ0v) is 12.0. The molecule has 1 atom stereocenters. The largest absolute Gasteiger partial charge is 0.482 e. The third-order valence-corrected chi connectivity index (χ3v) is 2.90. The van der Waals surface area contributed by atoms with E-state index in [1.807, 2.05) is 13.8 Å². The van der Waals surface area contributed by atoms with Crippen LogP contribution in [0.1, 0.15) is 30.6 Å². The minimum absolute atomic E-state index is 0.0929. The summed E-state index contributed by atoms with van der Waals surface area (Å²) in [5.41, 5.74) is 6.59. The monoisotopic (exact) mass is 279 g/mol. The number of hydrogen-bond donors (Lipinski definition) is 3. The zero-order valence-electron chi connectivity index (χ0n) is 12.0. The van der Waals surface area contributed by atoms with E-state index in [4.69, 9.17) is 10.5 Å². The van der Waals surface area contributed by atoms with Crippen molar-refractivity contribution in [3.63, 3.8) is 0 Å². The van der Waals surface area contributed by atoms with Gasteiger partial charge in [-0.15, -0.1) is 0 Å². The molecule has 1 rings (SSSR count). The van der Waals surface area contributed by atoms with Crippen molar-refractivity contribution in [1.82, 2.24) is 10.6 Å². The fraction of sp³-hybridized carbons (Fsp3) is 0.429. The van der Waals surface area contributed by atoms with Gasteiger partial charge in [-0.05, 0) is 31.5 Å². The van der Waals surface area contributed by atoms with E-state index in [1.54, 1.807) is 12.1 Å². The minimum atomic E-state index is -0.265. The van der Waals surface area contributed by atoms with Crippen molar-refractivity contribution in [1.29, 1.82) is 0 Å². The average molecular weight is 279 g/mol. The number of nitrogen functional groups attached to an aromatic ring is 1. The Hall–Kier alpha value is -2.24. The molecule has 0 aliphatic heterocycles. The van der Waals surface area contributed by atoms with Gasteiger partial charge in [0.15, 0.2) is 6.61 Å². The molecule has 1 aromatic carbocycles. The van der Waals surface area contributed by atoms with Gasteiger partial charge >= 0.3 is 0 Å². The second-order valence-corrected chi connectivity index (χ2v) is 4.50. The van der Waals surface area contributed by atoms with Gasteiger partial charge in [0.05, 0.1) is 5.69 Å². The molecule has 1 unspecified atom stereocenters. The second-order valence-electron chi connectivity index (χ2n) is 4.50. The predicted molar refractivity (Wildman–Crippen MR) is 77.6 cm³/mol. The first-order chi connectivity index (χ1) is 9.47. The summed E-state index contributed by atoms with van der Waals surface area (Å²) in [5, 5.41) is 5.30. The Morgan fingerprint density at radius 1 is 1.40 bits per heavy atom. The van der Waals surface area contributed by atoms with Crippen molar-refractivity contribution in [3.8, 4) is 5.75 Å². The Labute approximate surface area is 118 Å². The molecule has 0 aliphatic rings. The van der Waals surface area contributed by atoms with Gasteiger partial charge in [0.25, 0.3) is 11.8 Å². The van der Waals surface area contributed by atoms with Crippen molar-refractivity contribution in [2.24, 2.45) is 0 Å². The van der Waals surface area contributed by atoms with Gasteiger partial charge in [-0.25, -0.2) is 0 Å². The van der Waals surface area contributed by atoms with E-state index in [9.17, 15) is 9.59 Å². The van der Waals surface area contributed by atoms with Crippen LogP contribution in [-0.4, -0.2) is 31.5 Å². The van der Waals surface area contributed by atoms with E-state index in [0.29, 0.717) is 17.0 Å². The first-order valence-electron chi connectivity index (χ1n) is 6.51. The summed E-state index contributed by atoms with van der Waals surface area (Å²) < 4.78 is 5.29. The van der Waals surface area contributed by atoms with E-state index in [0.717, 1.165) is 6.42 Å². The van der Waals surface area contributed by atoms with Gasteiger partial charge in [-0.2, -0.15) is 0 Å². The van der Waals surface area contributed by atoms with E-state index in [-0.39, 0.29) is 24.5 Å². The lowest BCUT2D eigenvalue weighted by Gasteiger charge is -2.13. The third kappa shape index (κ3) is 4.46. The van der Waals surface area contributed by atoms with Crippen LogP contribution in [0.25, 0.3) is 0 Å². The number of ether oxygens (including phenoxy) is 1. The van der Waals surface area contributed by atoms with Gasteiger partial charge in [-0.3, -0.25) is 9.59 Å². The molecule has 110 valence electrons. The summed E-state index contributed by atoms with van der Waals surface area (Å²) in [7, 11) is 1.52. The SMILES string of the molecule is CCC(C)NC(=O)c1ccc(N)c(OCC(=O)NC)c1. The molecule has 0 heterocycles. The standard InChI is InChI=1S/C14H21N3O3/c1-4-9(2)17-14(19)10-5-6-11(15)12(7-10)20-8-13(18)16-3/h5-7,9H,4,8,15H2,1-3H3,(H,16,18)(H,17,19). The van der Waals surface area contributed by atoms with Crippen LogP contribution >= 0.6 is 0 Å². The molecule has 0 aliphatic carbocycles. The van der Waals surface area contributed by atoms with Crippen LogP contribution in [0.5, 0.6) is 5.75 Å². The van der Waals surface area contributed by atoms with Crippen molar-refractivity contribution >= 4 is 17.5 Å². The highest BCUT2D eigenvalue weighted by Gasteiger charge is 2.12. The number of hydrogen-bond acceptors (Lipinski definition) is 4. The fourth-order valence-electron chi connectivity index (χ4n) is 1.43. The summed E-state index contributed by atoms with van der Waals surface area (Å²) in [4.78, 5) is 23.1. The Morgan fingerprint density at radius 2 is 2.10 bits per heavy atom. The molecule has 0 saturated carbocycles. The van der Waals surface area contributed by atoms with Crippen LogP contribution in [0.3, 0.4) is 0 Å². The molecular weight excluding hydrogens is 258 g/mol. The quantitative estimate of drug-likeness (QED) is 0.675. The summed E-state index contributed by atoms with van der Waals surface area (Å²) in [6.45, 7) is 3.78. The van der Waals surface area contributed by atoms with Crippen molar-refractivity contribution in [3.05, 3.63) is 23.8 Å². The zero-order chi connectivity index (χ0) is 15.1. The molecular formula is C14H21N3O3. The number of carbonyl (C=O) groups excluding carboxylic acids is 2. The van der Waals surface area contributed by atoms with Crippen molar-refractivity contribution in [2.75, 3.05) is 19.4 Å². The lowest BCUT2D eigenvalue weighted by molar-refractivity contribution is -0.122. The van der Waals surface area contributed by atoms with Crippen LogP contribution in [0.4, 0.5) is 5.69 Å². The highest BCUT2D eigenvalue weighted by atomic mass is 16.5. The van der Waals surface area contributed by atoms with Crippen LogP contribution in [-0.2, 0) is 4.79 Å². The van der Waals surface area contributed by atoms with Gasteiger partial charge in [-0.1, -0.05) is 6.92 Å². The fourth-order valence-corrected chi connectivity index (χ4v) is 1.43. The number of nitrogens with two attached hydrogens (primary N) is 1. The molecule has 1 aromatic rings. The number of benzene rings is 1. The highest BCUT2D eigenvalue weighted by Crippen LogP contribution is 2.22. The van der Waals surface area contributed by atoms with Crippen LogP contribution in [0.2, 0.25) is 0 Å². The maximum absolute atomic E-state index is 12.0. The molecule has 6 heteroatoms. The number of anilines is 1. The molecule has 0 spiro atoms. The number of carbonyl (C=O) groups is 2. The van der Waals surface area contributed by atoms with Crippen molar-refractivity contribution in [2.45, 2.75) is 26.3 Å². The smallest absolute Gasteiger partial charge is 0.257 e. The highest BCUT2D eigenvalue weighted by molar-refractivity contribution is 5.95. The molecule has 0 saturated heterocycles. The molecule has 0 aromatic heterocycles. The van der Waals surface area contributed by atoms with Gasteiger partial charge < -0.3 is 21.1 Å². The topological polar surface area (TPSA) is 93.5 Å². The molecule has 0 fully saturated rings. The molecule has 6 nitrogen and oxygen atoms in total. The lowest BCUT2D eigenvalue weighted by Crippen LogP contribution is -2.32. The number of nitrogens with one attached hydrogen (secondary N) is 2. The average Bonchev–Trinajstić information content (AvgIpc) is 2.45. The second kappa shape index (κ2) is 7.37. The summed E-state index contributed by atoms with van der Waals surface area (Å²) >= 11 is 0. The van der Waals surface area contributed by atoms with Crippen molar-refractivity contribution < 1.29 is 14.3 Å². The van der Waals surface area contributed by atoms with E-state index < -0.39 is 0 Å². The number of likely N-dealkylation sites (N-methyl/N-ethyl adjacent to an activating group) is 1. The Balaban J connectivity index is 2.80. The van der Waals surface area contributed by atoms with E-state index in [2.05, 4.69) is 10.6 Å². The Bertz CT molecular complexity index is 489. The van der Waals surface area contributed by atoms with E-state index >= 15 is 0 Å². The van der Waals surface area contributed by atoms with Crippen LogP contribution < -0.4 is 21.1 Å². The normalized spacial score (nSPS) is 11.6. The number of amides is 2. The molecule has 0 radical (unpaired) electrons. The van der Waals surface area contributed by atoms with Crippen LogP contribution in [0.15, 0.2) is 18.2 Å². The van der Waals surface area contributed by atoms with Gasteiger partial charge in [0.1, 0.15) is 5.75 Å². The Morgan fingerprint density at radius 3 is 2.70 bits per heavy atom. The molecule has 20 heavy (non-hydrogen) atoms. The summed E-state index contributed by atoms with van der Waals surface area (Å²) in [6.07, 6.45) is 0.848. The van der Waals surface area contributed by atoms with Gasteiger partial charge in [0, 0.05) is 18.7 Å². The lowest BCUT2D eigenvalue weighted by atomic mass is 10.1. The minimum Gasteiger partial charge on any atom is -0.482 e. The number of rotatable bonds is 6. The molecule has 0 bridgehead atoms. The first-order valence-corrected chi connectivity index (χ1v) is 6.51.